The molecule has 0 spiro atoms. The van der Waals surface area contributed by atoms with Gasteiger partial charge in [0.15, 0.2) is 0 Å². The second-order valence-corrected chi connectivity index (χ2v) is 3.88. The Hall–Kier alpha value is -0.610. The molecule has 0 N–H and O–H groups in total. The van der Waals surface area contributed by atoms with Crippen molar-refractivity contribution in [3.05, 3.63) is 0 Å². The molecule has 0 saturated carbocycles. The summed E-state index contributed by atoms with van der Waals surface area (Å²) in [5.41, 5.74) is 0. The predicted octanol–water partition coefficient (Wildman–Crippen LogP) is 1.05. The number of nitrogens with zero attached hydrogens (tertiary/aromatic N) is 1. The third-order valence-corrected chi connectivity index (χ3v) is 2.79. The van der Waals surface area contributed by atoms with Crippen LogP contribution >= 0.6 is 0 Å². The van der Waals surface area contributed by atoms with E-state index in [1.165, 1.54) is 0 Å². The van der Waals surface area contributed by atoms with Crippen LogP contribution in [0.15, 0.2) is 0 Å². The molecule has 1 fully saturated rings. The lowest BCUT2D eigenvalue weighted by molar-refractivity contribution is -0.144. The van der Waals surface area contributed by atoms with Gasteiger partial charge in [-0.1, -0.05) is 0 Å². The van der Waals surface area contributed by atoms with E-state index in [-0.39, 0.29) is 18.1 Å². The Morgan fingerprint density at radius 1 is 1.60 bits per heavy atom. The van der Waals surface area contributed by atoms with Crippen molar-refractivity contribution in [2.24, 2.45) is 0 Å². The van der Waals surface area contributed by atoms with E-state index in [4.69, 9.17) is 9.47 Å². The van der Waals surface area contributed by atoms with Crippen molar-refractivity contribution in [3.63, 3.8) is 0 Å². The Bertz CT molecular complexity index is 206. The number of ether oxygens (including phenoxy) is 2. The number of piperidine rings is 1. The van der Waals surface area contributed by atoms with Gasteiger partial charge in [0.2, 0.25) is 0 Å². The van der Waals surface area contributed by atoms with E-state index in [0.717, 1.165) is 19.4 Å². The Kier molecular flexibility index (Phi) is 5.05. The first kappa shape index (κ1) is 12.5. The van der Waals surface area contributed by atoms with Gasteiger partial charge in [0.1, 0.15) is 6.10 Å². The first-order chi connectivity index (χ1) is 7.19. The van der Waals surface area contributed by atoms with Crippen molar-refractivity contribution in [1.29, 1.82) is 0 Å². The van der Waals surface area contributed by atoms with Gasteiger partial charge in [0.25, 0.3) is 5.91 Å². The van der Waals surface area contributed by atoms with E-state index in [1.807, 2.05) is 11.8 Å². The van der Waals surface area contributed by atoms with Crippen LogP contribution < -0.4 is 0 Å². The van der Waals surface area contributed by atoms with E-state index in [9.17, 15) is 4.79 Å². The van der Waals surface area contributed by atoms with Gasteiger partial charge >= 0.3 is 0 Å². The van der Waals surface area contributed by atoms with E-state index in [2.05, 4.69) is 0 Å². The van der Waals surface area contributed by atoms with Crippen LogP contribution in [0.4, 0.5) is 0 Å². The van der Waals surface area contributed by atoms with E-state index < -0.39 is 0 Å². The third-order valence-electron chi connectivity index (χ3n) is 2.79. The first-order valence-electron chi connectivity index (χ1n) is 5.62. The van der Waals surface area contributed by atoms with Gasteiger partial charge in [0, 0.05) is 26.8 Å². The fourth-order valence-corrected chi connectivity index (χ4v) is 1.87. The number of likely N-dealkylation sites (tertiary alicyclic amines) is 1. The van der Waals surface area contributed by atoms with Gasteiger partial charge in [-0.2, -0.15) is 0 Å². The Labute approximate surface area is 91.5 Å². The van der Waals surface area contributed by atoms with Crippen molar-refractivity contribution in [1.82, 2.24) is 4.90 Å². The fourth-order valence-electron chi connectivity index (χ4n) is 1.87. The lowest BCUT2D eigenvalue weighted by Gasteiger charge is -2.33. The zero-order chi connectivity index (χ0) is 11.3. The molecule has 4 heteroatoms. The van der Waals surface area contributed by atoms with Gasteiger partial charge in [0.05, 0.1) is 6.10 Å². The molecule has 1 aliphatic heterocycles. The summed E-state index contributed by atoms with van der Waals surface area (Å²) in [6.07, 6.45) is 1.94. The molecular weight excluding hydrogens is 194 g/mol. The van der Waals surface area contributed by atoms with Crippen LogP contribution in [0.2, 0.25) is 0 Å². The average molecular weight is 215 g/mol. The van der Waals surface area contributed by atoms with Crippen LogP contribution in [-0.2, 0) is 14.3 Å². The number of carbonyl (C=O) groups excluding carboxylic acids is 1. The first-order valence-corrected chi connectivity index (χ1v) is 5.62. The Morgan fingerprint density at radius 2 is 2.33 bits per heavy atom. The van der Waals surface area contributed by atoms with Gasteiger partial charge in [-0.3, -0.25) is 4.79 Å². The summed E-state index contributed by atoms with van der Waals surface area (Å²) >= 11 is 0. The zero-order valence-electron chi connectivity index (χ0n) is 9.86. The number of amides is 1. The van der Waals surface area contributed by atoms with Gasteiger partial charge in [-0.15, -0.1) is 0 Å². The highest BCUT2D eigenvalue weighted by molar-refractivity contribution is 5.80. The predicted molar refractivity (Wildman–Crippen MR) is 57.7 cm³/mol. The van der Waals surface area contributed by atoms with Crippen LogP contribution in [0.5, 0.6) is 0 Å². The lowest BCUT2D eigenvalue weighted by atomic mass is 10.1. The molecule has 0 aromatic carbocycles. The second kappa shape index (κ2) is 6.08. The molecule has 0 radical (unpaired) electrons. The smallest absolute Gasteiger partial charge is 0.251 e. The highest BCUT2D eigenvalue weighted by atomic mass is 16.5. The molecule has 1 amide bonds. The lowest BCUT2D eigenvalue weighted by Crippen LogP contribution is -2.47. The Balaban J connectivity index is 2.44. The van der Waals surface area contributed by atoms with Gasteiger partial charge < -0.3 is 14.4 Å². The molecule has 1 saturated heterocycles. The standard InChI is InChI=1S/C11H21NO3/c1-4-15-10-6-5-7-12(8-10)11(13)9(2)14-3/h9-10H,4-8H2,1-3H3. The molecule has 88 valence electrons. The molecule has 0 aliphatic carbocycles. The van der Waals surface area contributed by atoms with Crippen molar-refractivity contribution in [2.75, 3.05) is 26.8 Å². The van der Waals surface area contributed by atoms with Crippen molar-refractivity contribution in [3.8, 4) is 0 Å². The molecule has 15 heavy (non-hydrogen) atoms. The number of methoxy groups -OCH3 is 1. The van der Waals surface area contributed by atoms with E-state index >= 15 is 0 Å². The van der Waals surface area contributed by atoms with Crippen LogP contribution in [0.25, 0.3) is 0 Å². The quantitative estimate of drug-likeness (QED) is 0.703. The minimum Gasteiger partial charge on any atom is -0.377 e. The highest BCUT2D eigenvalue weighted by Gasteiger charge is 2.26. The third kappa shape index (κ3) is 3.47. The highest BCUT2D eigenvalue weighted by Crippen LogP contribution is 2.14. The molecule has 1 heterocycles. The number of carbonyl (C=O) groups is 1. The average Bonchev–Trinajstić information content (AvgIpc) is 2.28. The molecule has 4 nitrogen and oxygen atoms in total. The maximum absolute atomic E-state index is 11.8. The largest absolute Gasteiger partial charge is 0.377 e. The van der Waals surface area contributed by atoms with Crippen LogP contribution in [0, 0.1) is 0 Å². The Morgan fingerprint density at radius 3 is 2.93 bits per heavy atom. The summed E-state index contributed by atoms with van der Waals surface area (Å²) in [6, 6.07) is 0. The number of hydrogen-bond acceptors (Lipinski definition) is 3. The van der Waals surface area contributed by atoms with Crippen LogP contribution in [-0.4, -0.2) is 49.8 Å². The zero-order valence-corrected chi connectivity index (χ0v) is 9.86. The molecule has 2 atom stereocenters. The summed E-state index contributed by atoms with van der Waals surface area (Å²) in [6.45, 7) is 6.02. The number of hydrogen-bond donors (Lipinski definition) is 0. The molecule has 0 bridgehead atoms. The summed E-state index contributed by atoms with van der Waals surface area (Å²) in [5.74, 6) is 0.0712. The van der Waals surface area contributed by atoms with Crippen LogP contribution in [0.3, 0.4) is 0 Å². The summed E-state index contributed by atoms with van der Waals surface area (Å²) < 4.78 is 10.6. The molecule has 2 unspecified atom stereocenters. The molecule has 1 aliphatic rings. The maximum Gasteiger partial charge on any atom is 0.251 e. The second-order valence-electron chi connectivity index (χ2n) is 3.88. The minimum atomic E-state index is -0.342. The van der Waals surface area contributed by atoms with E-state index in [0.29, 0.717) is 13.2 Å². The normalized spacial score (nSPS) is 23.9. The molecule has 0 aromatic heterocycles. The molecule has 0 aromatic rings. The maximum atomic E-state index is 11.8. The molecule has 1 rings (SSSR count). The van der Waals surface area contributed by atoms with Gasteiger partial charge in [-0.05, 0) is 26.7 Å². The van der Waals surface area contributed by atoms with Crippen LogP contribution in [0.1, 0.15) is 26.7 Å². The monoisotopic (exact) mass is 215 g/mol. The van der Waals surface area contributed by atoms with Crippen molar-refractivity contribution < 1.29 is 14.3 Å². The molecular formula is C11H21NO3. The summed E-state index contributed by atoms with van der Waals surface area (Å²) in [5, 5.41) is 0. The minimum absolute atomic E-state index is 0.0712. The van der Waals surface area contributed by atoms with Gasteiger partial charge in [-0.25, -0.2) is 0 Å². The summed E-state index contributed by atoms with van der Waals surface area (Å²) in [7, 11) is 1.56. The van der Waals surface area contributed by atoms with Crippen molar-refractivity contribution in [2.45, 2.75) is 38.9 Å². The fraction of sp³-hybridized carbons (Fsp3) is 0.909. The SMILES string of the molecule is CCOC1CCCN(C(=O)C(C)OC)C1. The van der Waals surface area contributed by atoms with Crippen molar-refractivity contribution >= 4 is 5.91 Å². The van der Waals surface area contributed by atoms with E-state index in [1.54, 1.807) is 14.0 Å². The summed E-state index contributed by atoms with van der Waals surface area (Å²) in [4.78, 5) is 13.7. The number of rotatable bonds is 4. The topological polar surface area (TPSA) is 38.8 Å².